The molecular weight excluding hydrogens is 252 g/mol. The van der Waals surface area contributed by atoms with E-state index in [0.29, 0.717) is 11.4 Å². The first-order valence-corrected chi connectivity index (χ1v) is 6.37. The minimum absolute atomic E-state index is 0.236. The van der Waals surface area contributed by atoms with Crippen LogP contribution in [-0.2, 0) is 0 Å². The van der Waals surface area contributed by atoms with Gasteiger partial charge in [0.2, 0.25) is 5.95 Å². The molecule has 0 radical (unpaired) electrons. The zero-order valence-corrected chi connectivity index (χ0v) is 11.7. The van der Waals surface area contributed by atoms with E-state index < -0.39 is 0 Å². The Balaban J connectivity index is 2.28. The van der Waals surface area contributed by atoms with E-state index in [1.165, 1.54) is 11.1 Å². The molecule has 0 bridgehead atoms. The molecule has 0 amide bonds. The van der Waals surface area contributed by atoms with E-state index in [9.17, 15) is 0 Å². The van der Waals surface area contributed by atoms with Crippen LogP contribution in [0.4, 0.5) is 5.95 Å². The summed E-state index contributed by atoms with van der Waals surface area (Å²) >= 11 is 0. The van der Waals surface area contributed by atoms with Crippen LogP contribution in [0.2, 0.25) is 0 Å². The summed E-state index contributed by atoms with van der Waals surface area (Å²) in [6.45, 7) is 4.19. The minimum atomic E-state index is 0.236. The first kappa shape index (κ1) is 12.5. The number of ether oxygens (including phenoxy) is 1. The molecule has 2 N–H and O–H groups in total. The fourth-order valence-corrected chi connectivity index (χ4v) is 2.23. The second-order valence-electron chi connectivity index (χ2n) is 4.79. The molecule has 0 unspecified atom stereocenters. The van der Waals surface area contributed by atoms with Crippen molar-refractivity contribution < 1.29 is 4.74 Å². The summed E-state index contributed by atoms with van der Waals surface area (Å²) in [5.41, 5.74) is 10.9. The average Bonchev–Trinajstić information content (AvgIpc) is 2.82. The van der Waals surface area contributed by atoms with Crippen LogP contribution < -0.4 is 10.5 Å². The van der Waals surface area contributed by atoms with Crippen LogP contribution >= 0.6 is 0 Å². The Labute approximate surface area is 117 Å². The highest BCUT2D eigenvalue weighted by atomic mass is 16.5. The predicted molar refractivity (Wildman–Crippen MR) is 78.9 cm³/mol. The Morgan fingerprint density at radius 1 is 1.10 bits per heavy atom. The normalized spacial score (nSPS) is 10.9. The molecule has 0 atom stereocenters. The lowest BCUT2D eigenvalue weighted by molar-refractivity contribution is 0.416. The van der Waals surface area contributed by atoms with Crippen molar-refractivity contribution in [2.75, 3.05) is 12.8 Å². The first-order valence-electron chi connectivity index (χ1n) is 6.37. The van der Waals surface area contributed by atoms with Gasteiger partial charge in [0.1, 0.15) is 0 Å². The lowest BCUT2D eigenvalue weighted by Gasteiger charge is -2.09. The Kier molecular flexibility index (Phi) is 2.82. The van der Waals surface area contributed by atoms with Crippen LogP contribution in [0.3, 0.4) is 0 Å². The summed E-state index contributed by atoms with van der Waals surface area (Å²) in [7, 11) is 1.61. The Bertz CT molecular complexity index is 792. The van der Waals surface area contributed by atoms with E-state index in [2.05, 4.69) is 42.1 Å². The van der Waals surface area contributed by atoms with Crippen LogP contribution in [-0.4, -0.2) is 21.7 Å². The summed E-state index contributed by atoms with van der Waals surface area (Å²) < 4.78 is 7.02. The van der Waals surface area contributed by atoms with Crippen molar-refractivity contribution in [3.63, 3.8) is 0 Å². The molecule has 3 rings (SSSR count). The van der Waals surface area contributed by atoms with Crippen LogP contribution in [0, 0.1) is 13.8 Å². The van der Waals surface area contributed by atoms with Gasteiger partial charge >= 0.3 is 0 Å². The van der Waals surface area contributed by atoms with Gasteiger partial charge in [-0.15, -0.1) is 5.10 Å². The van der Waals surface area contributed by atoms with Gasteiger partial charge in [-0.1, -0.05) is 12.1 Å². The zero-order valence-electron chi connectivity index (χ0n) is 11.7. The number of rotatable bonds is 2. The molecule has 3 aromatic rings. The monoisotopic (exact) mass is 268 g/mol. The number of hydrogen-bond acceptors (Lipinski definition) is 4. The van der Waals surface area contributed by atoms with Gasteiger partial charge in [0, 0.05) is 5.56 Å². The molecule has 0 spiro atoms. The second kappa shape index (κ2) is 4.52. The molecule has 5 heteroatoms. The summed E-state index contributed by atoms with van der Waals surface area (Å²) in [5.74, 6) is 0.890. The van der Waals surface area contributed by atoms with Gasteiger partial charge in [-0.05, 0) is 43.2 Å². The predicted octanol–water partition coefficient (Wildman–Crippen LogP) is 2.60. The summed E-state index contributed by atoms with van der Waals surface area (Å²) in [6.07, 6.45) is 0. The molecule has 0 saturated carbocycles. The maximum absolute atomic E-state index is 5.72. The number of pyridine rings is 1. The molecule has 5 nitrogen and oxygen atoms in total. The van der Waals surface area contributed by atoms with E-state index in [1.54, 1.807) is 11.6 Å². The van der Waals surface area contributed by atoms with Gasteiger partial charge in [-0.2, -0.15) is 4.98 Å². The van der Waals surface area contributed by atoms with E-state index in [0.717, 1.165) is 11.3 Å². The molecule has 0 aliphatic rings. The largest absolute Gasteiger partial charge is 0.493 e. The number of nitrogens with two attached hydrogens (primary N) is 1. The summed E-state index contributed by atoms with van der Waals surface area (Å²) in [5, 5.41) is 4.25. The third-order valence-corrected chi connectivity index (χ3v) is 3.49. The Morgan fingerprint density at radius 2 is 1.90 bits per heavy atom. The zero-order chi connectivity index (χ0) is 14.3. The van der Waals surface area contributed by atoms with E-state index in [4.69, 9.17) is 10.5 Å². The third-order valence-electron chi connectivity index (χ3n) is 3.49. The van der Waals surface area contributed by atoms with Gasteiger partial charge in [0.15, 0.2) is 11.4 Å². The quantitative estimate of drug-likeness (QED) is 0.776. The number of fused-ring (bicyclic) bond motifs is 1. The highest BCUT2D eigenvalue weighted by Crippen LogP contribution is 2.27. The van der Waals surface area contributed by atoms with Gasteiger partial charge in [-0.25, -0.2) is 4.52 Å². The lowest BCUT2D eigenvalue weighted by Crippen LogP contribution is -1.97. The molecule has 1 aromatic carbocycles. The maximum atomic E-state index is 5.72. The molecule has 0 aliphatic heterocycles. The number of nitrogen functional groups attached to an aromatic ring is 1. The summed E-state index contributed by atoms with van der Waals surface area (Å²) in [4.78, 5) is 4.21. The van der Waals surface area contributed by atoms with Crippen LogP contribution in [0.15, 0.2) is 30.3 Å². The molecular formula is C15H16N4O. The highest BCUT2D eigenvalue weighted by Gasteiger charge is 2.12. The van der Waals surface area contributed by atoms with Crippen molar-refractivity contribution in [1.29, 1.82) is 0 Å². The maximum Gasteiger partial charge on any atom is 0.240 e. The van der Waals surface area contributed by atoms with E-state index in [1.807, 2.05) is 12.1 Å². The van der Waals surface area contributed by atoms with Crippen molar-refractivity contribution in [3.05, 3.63) is 41.5 Å². The van der Waals surface area contributed by atoms with Crippen molar-refractivity contribution in [2.24, 2.45) is 0 Å². The minimum Gasteiger partial charge on any atom is -0.493 e. The van der Waals surface area contributed by atoms with E-state index in [-0.39, 0.29) is 5.95 Å². The molecule has 102 valence electrons. The number of methoxy groups -OCH3 is 1. The second-order valence-corrected chi connectivity index (χ2v) is 4.79. The van der Waals surface area contributed by atoms with Gasteiger partial charge in [0.25, 0.3) is 0 Å². The first-order chi connectivity index (χ1) is 9.60. The average molecular weight is 268 g/mol. The molecule has 0 aliphatic carbocycles. The Hall–Kier alpha value is -2.56. The molecule has 2 heterocycles. The smallest absolute Gasteiger partial charge is 0.240 e. The van der Waals surface area contributed by atoms with Crippen LogP contribution in [0.25, 0.3) is 16.9 Å². The van der Waals surface area contributed by atoms with Gasteiger partial charge in [0.05, 0.1) is 12.8 Å². The van der Waals surface area contributed by atoms with Crippen molar-refractivity contribution in [3.8, 4) is 17.0 Å². The van der Waals surface area contributed by atoms with E-state index >= 15 is 0 Å². The van der Waals surface area contributed by atoms with Gasteiger partial charge < -0.3 is 10.5 Å². The SMILES string of the molecule is COc1ccc(-c2ccc(C)c(C)c2)n2nc(N)nc12. The molecule has 0 saturated heterocycles. The van der Waals surface area contributed by atoms with Crippen molar-refractivity contribution in [2.45, 2.75) is 13.8 Å². The summed E-state index contributed by atoms with van der Waals surface area (Å²) in [6, 6.07) is 10.1. The highest BCUT2D eigenvalue weighted by molar-refractivity contribution is 5.68. The van der Waals surface area contributed by atoms with Gasteiger partial charge in [-0.3, -0.25) is 0 Å². The topological polar surface area (TPSA) is 65.4 Å². The number of benzene rings is 1. The molecule has 20 heavy (non-hydrogen) atoms. The van der Waals surface area contributed by atoms with Crippen molar-refractivity contribution in [1.82, 2.24) is 14.6 Å². The number of anilines is 1. The van der Waals surface area contributed by atoms with Crippen LogP contribution in [0.1, 0.15) is 11.1 Å². The molecule has 2 aromatic heterocycles. The number of aromatic nitrogens is 3. The number of nitrogens with zero attached hydrogens (tertiary/aromatic N) is 3. The number of aryl methyl sites for hydroxylation is 2. The Morgan fingerprint density at radius 3 is 2.60 bits per heavy atom. The standard InChI is InChI=1S/C15H16N4O/c1-9-4-5-11(8-10(9)2)12-6-7-13(20-3)14-17-15(16)18-19(12)14/h4-8H,1-3H3,(H2,16,18). The fourth-order valence-electron chi connectivity index (χ4n) is 2.23. The third kappa shape index (κ3) is 1.87. The fraction of sp³-hybridized carbons (Fsp3) is 0.200. The van der Waals surface area contributed by atoms with Crippen LogP contribution in [0.5, 0.6) is 5.75 Å². The number of hydrogen-bond donors (Lipinski definition) is 1. The van der Waals surface area contributed by atoms with Crippen molar-refractivity contribution >= 4 is 11.6 Å². The lowest BCUT2D eigenvalue weighted by atomic mass is 10.0. The molecule has 0 fully saturated rings.